The van der Waals surface area contributed by atoms with Gasteiger partial charge in [0.15, 0.2) is 0 Å². The molecule has 0 unspecified atom stereocenters. The zero-order valence-corrected chi connectivity index (χ0v) is 12.9. The van der Waals surface area contributed by atoms with Gasteiger partial charge in [-0.15, -0.1) is 0 Å². The van der Waals surface area contributed by atoms with E-state index in [0.29, 0.717) is 17.4 Å². The van der Waals surface area contributed by atoms with E-state index < -0.39 is 0 Å². The molecule has 2 N–H and O–H groups in total. The number of hydrogen-bond acceptors (Lipinski definition) is 1. The van der Waals surface area contributed by atoms with Crippen molar-refractivity contribution < 1.29 is 0 Å². The second-order valence-corrected chi connectivity index (χ2v) is 6.00. The molecule has 1 rings (SSSR count). The number of allylic oxidation sites excluding steroid dienone is 1. The first kappa shape index (κ1) is 16.7. The van der Waals surface area contributed by atoms with Gasteiger partial charge in [0.25, 0.3) is 0 Å². The van der Waals surface area contributed by atoms with Crippen LogP contribution in [-0.4, -0.2) is 6.54 Å². The minimum atomic E-state index is 0.464. The van der Waals surface area contributed by atoms with Crippen molar-refractivity contribution in [2.24, 2.45) is 16.6 Å². The highest BCUT2D eigenvalue weighted by Crippen LogP contribution is 2.51. The van der Waals surface area contributed by atoms with Gasteiger partial charge >= 0.3 is 0 Å². The van der Waals surface area contributed by atoms with Crippen LogP contribution in [0.25, 0.3) is 0 Å². The topological polar surface area (TPSA) is 26.0 Å². The predicted octanol–water partition coefficient (Wildman–Crippen LogP) is 4.91. The molecule has 0 bridgehead atoms. The molecule has 1 saturated carbocycles. The van der Waals surface area contributed by atoms with Gasteiger partial charge in [-0.05, 0) is 30.1 Å². The third-order valence-electron chi connectivity index (χ3n) is 4.07. The maximum absolute atomic E-state index is 5.64. The summed E-state index contributed by atoms with van der Waals surface area (Å²) in [5.41, 5.74) is 8.25. The molecule has 0 aromatic rings. The van der Waals surface area contributed by atoms with E-state index in [1.807, 2.05) is 13.8 Å². The standard InChI is InChI=1S/C14H27N.C2H6/c1-5-14(6-2)10-12(7-8-15)9-13(3,4)11-14;1-2/h7H,5-6,8-11,15H2,1-4H3;1-2H3/b12-7-;. The molecule has 0 radical (unpaired) electrons. The summed E-state index contributed by atoms with van der Waals surface area (Å²) >= 11 is 0. The van der Waals surface area contributed by atoms with Crippen LogP contribution in [0.5, 0.6) is 0 Å². The monoisotopic (exact) mass is 239 g/mol. The number of nitrogens with two attached hydrogens (primary N) is 1. The van der Waals surface area contributed by atoms with Gasteiger partial charge in [0, 0.05) is 6.54 Å². The average molecular weight is 239 g/mol. The maximum atomic E-state index is 5.64. The van der Waals surface area contributed by atoms with E-state index >= 15 is 0 Å². The van der Waals surface area contributed by atoms with Crippen molar-refractivity contribution in [3.8, 4) is 0 Å². The van der Waals surface area contributed by atoms with Gasteiger partial charge in [0.1, 0.15) is 0 Å². The summed E-state index contributed by atoms with van der Waals surface area (Å²) in [5.74, 6) is 0. The first-order valence-electron chi connectivity index (χ1n) is 7.35. The molecule has 0 saturated heterocycles. The first-order valence-corrected chi connectivity index (χ1v) is 7.35. The Morgan fingerprint density at radius 2 is 1.65 bits per heavy atom. The van der Waals surface area contributed by atoms with E-state index in [4.69, 9.17) is 5.73 Å². The number of rotatable bonds is 3. The third kappa shape index (κ3) is 4.83. The van der Waals surface area contributed by atoms with Gasteiger partial charge in [-0.3, -0.25) is 0 Å². The molecule has 1 heteroatoms. The molecular formula is C16H33N. The molecule has 0 aliphatic heterocycles. The summed E-state index contributed by atoms with van der Waals surface area (Å²) in [5, 5.41) is 0. The van der Waals surface area contributed by atoms with E-state index in [1.165, 1.54) is 32.1 Å². The Hall–Kier alpha value is -0.300. The van der Waals surface area contributed by atoms with E-state index in [2.05, 4.69) is 33.8 Å². The molecule has 0 heterocycles. The molecule has 0 aromatic heterocycles. The Kier molecular flexibility index (Phi) is 7.08. The lowest BCUT2D eigenvalue weighted by molar-refractivity contribution is 0.108. The molecule has 1 aliphatic rings. The summed E-state index contributed by atoms with van der Waals surface area (Å²) in [6.45, 7) is 14.2. The molecule has 0 atom stereocenters. The van der Waals surface area contributed by atoms with Crippen molar-refractivity contribution in [2.45, 2.75) is 73.6 Å². The van der Waals surface area contributed by atoms with Crippen LogP contribution in [0.2, 0.25) is 0 Å². The van der Waals surface area contributed by atoms with Gasteiger partial charge in [-0.25, -0.2) is 0 Å². The van der Waals surface area contributed by atoms with Crippen molar-refractivity contribution in [1.29, 1.82) is 0 Å². The largest absolute Gasteiger partial charge is 0.327 e. The van der Waals surface area contributed by atoms with Crippen LogP contribution in [0.4, 0.5) is 0 Å². The second-order valence-electron chi connectivity index (χ2n) is 6.00. The van der Waals surface area contributed by atoms with Gasteiger partial charge in [-0.2, -0.15) is 0 Å². The second kappa shape index (κ2) is 7.20. The highest BCUT2D eigenvalue weighted by atomic mass is 14.5. The Morgan fingerprint density at radius 1 is 1.12 bits per heavy atom. The molecule has 1 aliphatic carbocycles. The van der Waals surface area contributed by atoms with Gasteiger partial charge < -0.3 is 5.73 Å². The Morgan fingerprint density at radius 3 is 2.06 bits per heavy atom. The Labute approximate surface area is 109 Å². The highest BCUT2D eigenvalue weighted by Gasteiger charge is 2.39. The lowest BCUT2D eigenvalue weighted by Gasteiger charge is -2.45. The lowest BCUT2D eigenvalue weighted by Crippen LogP contribution is -2.33. The van der Waals surface area contributed by atoms with Crippen LogP contribution < -0.4 is 5.73 Å². The molecule has 17 heavy (non-hydrogen) atoms. The normalized spacial score (nSPS) is 24.1. The smallest absolute Gasteiger partial charge is 0.0109 e. The average Bonchev–Trinajstić information content (AvgIpc) is 2.30. The van der Waals surface area contributed by atoms with Crippen LogP contribution in [0, 0.1) is 10.8 Å². The Balaban J connectivity index is 0.00000121. The summed E-state index contributed by atoms with van der Waals surface area (Å²) in [6.07, 6.45) is 8.74. The van der Waals surface area contributed by atoms with Crippen LogP contribution in [0.1, 0.15) is 73.6 Å². The molecule has 0 spiro atoms. The minimum Gasteiger partial charge on any atom is -0.327 e. The zero-order valence-electron chi connectivity index (χ0n) is 12.9. The zero-order chi connectivity index (χ0) is 13.5. The quantitative estimate of drug-likeness (QED) is 0.695. The van der Waals surface area contributed by atoms with Gasteiger partial charge in [-0.1, -0.05) is 66.0 Å². The lowest BCUT2D eigenvalue weighted by atomic mass is 9.60. The van der Waals surface area contributed by atoms with Crippen LogP contribution >= 0.6 is 0 Å². The van der Waals surface area contributed by atoms with Gasteiger partial charge in [0.05, 0.1) is 0 Å². The van der Waals surface area contributed by atoms with Crippen molar-refractivity contribution in [2.75, 3.05) is 6.54 Å². The first-order chi connectivity index (χ1) is 7.97. The van der Waals surface area contributed by atoms with E-state index in [9.17, 15) is 0 Å². The van der Waals surface area contributed by atoms with Gasteiger partial charge in [0.2, 0.25) is 0 Å². The predicted molar refractivity (Wildman–Crippen MR) is 79.1 cm³/mol. The summed E-state index contributed by atoms with van der Waals surface area (Å²) < 4.78 is 0. The van der Waals surface area contributed by atoms with Crippen LogP contribution in [-0.2, 0) is 0 Å². The SMILES string of the molecule is CC.CCC1(CC)C/C(=C\CN)CC(C)(C)C1. The summed E-state index contributed by atoms with van der Waals surface area (Å²) in [7, 11) is 0. The third-order valence-corrected chi connectivity index (χ3v) is 4.07. The van der Waals surface area contributed by atoms with Crippen molar-refractivity contribution in [1.82, 2.24) is 0 Å². The molecule has 1 fully saturated rings. The molecule has 0 aromatic carbocycles. The fourth-order valence-electron chi connectivity index (χ4n) is 3.36. The molecule has 0 amide bonds. The maximum Gasteiger partial charge on any atom is 0.0109 e. The van der Waals surface area contributed by atoms with Crippen molar-refractivity contribution in [3.05, 3.63) is 11.6 Å². The fourth-order valence-corrected chi connectivity index (χ4v) is 3.36. The van der Waals surface area contributed by atoms with Crippen LogP contribution in [0.15, 0.2) is 11.6 Å². The van der Waals surface area contributed by atoms with E-state index in [-0.39, 0.29) is 0 Å². The minimum absolute atomic E-state index is 0.464. The van der Waals surface area contributed by atoms with E-state index in [1.54, 1.807) is 5.57 Å². The number of hydrogen-bond donors (Lipinski definition) is 1. The molecule has 1 nitrogen and oxygen atoms in total. The molecule has 102 valence electrons. The molecular weight excluding hydrogens is 206 g/mol. The Bertz CT molecular complexity index is 234. The van der Waals surface area contributed by atoms with Crippen molar-refractivity contribution >= 4 is 0 Å². The summed E-state index contributed by atoms with van der Waals surface area (Å²) in [4.78, 5) is 0. The van der Waals surface area contributed by atoms with Crippen molar-refractivity contribution in [3.63, 3.8) is 0 Å². The van der Waals surface area contributed by atoms with E-state index in [0.717, 1.165) is 0 Å². The fraction of sp³-hybridized carbons (Fsp3) is 0.875. The highest BCUT2D eigenvalue weighted by molar-refractivity contribution is 5.13. The summed E-state index contributed by atoms with van der Waals surface area (Å²) in [6, 6.07) is 0. The van der Waals surface area contributed by atoms with Crippen LogP contribution in [0.3, 0.4) is 0 Å².